The Kier molecular flexibility index (Phi) is 3.34. The van der Waals surface area contributed by atoms with E-state index in [1.54, 1.807) is 0 Å². The molecule has 0 spiro atoms. The molecule has 0 radical (unpaired) electrons. The van der Waals surface area contributed by atoms with E-state index in [1.807, 2.05) is 0 Å². The van der Waals surface area contributed by atoms with E-state index in [0.717, 1.165) is 0 Å². The third-order valence-corrected chi connectivity index (χ3v) is 3.56. The van der Waals surface area contributed by atoms with E-state index in [1.165, 1.54) is 12.3 Å². The monoisotopic (exact) mass is 285 g/mol. The Morgan fingerprint density at radius 2 is 2.17 bits per heavy atom. The smallest absolute Gasteiger partial charge is 0.361 e. The largest absolute Gasteiger partial charge is 0.523 e. The molecule has 1 saturated heterocycles. The van der Waals surface area contributed by atoms with Crippen LogP contribution in [0.2, 0.25) is 0 Å². The summed E-state index contributed by atoms with van der Waals surface area (Å²) in [6, 6.07) is 0. The molecule has 0 saturated carbocycles. The van der Waals surface area contributed by atoms with Gasteiger partial charge in [0.2, 0.25) is 0 Å². The number of alkyl halides is 3. The Balaban J connectivity index is 2.16. The van der Waals surface area contributed by atoms with E-state index >= 15 is 0 Å². The van der Waals surface area contributed by atoms with Crippen molar-refractivity contribution in [2.45, 2.75) is 11.6 Å². The lowest BCUT2D eigenvalue weighted by Crippen LogP contribution is -2.54. The summed E-state index contributed by atoms with van der Waals surface area (Å²) in [4.78, 5) is 3.92. The van der Waals surface area contributed by atoms with Crippen molar-refractivity contribution >= 4 is 16.0 Å². The summed E-state index contributed by atoms with van der Waals surface area (Å²) in [7, 11) is -5.61. The van der Waals surface area contributed by atoms with Gasteiger partial charge >= 0.3 is 15.6 Å². The molecular weight excluding hydrogens is 275 g/mol. The number of hydrogen-bond donors (Lipinski definition) is 2. The first-order chi connectivity index (χ1) is 8.31. The summed E-state index contributed by atoms with van der Waals surface area (Å²) < 4.78 is 62.7. The Hall–Kier alpha value is -1.13. The van der Waals surface area contributed by atoms with Crippen molar-refractivity contribution in [1.29, 1.82) is 0 Å². The van der Waals surface area contributed by atoms with Crippen LogP contribution in [0.25, 0.3) is 0 Å². The second-order valence-corrected chi connectivity index (χ2v) is 5.29. The van der Waals surface area contributed by atoms with Gasteiger partial charge in [0, 0.05) is 12.7 Å². The average Bonchev–Trinajstić information content (AvgIpc) is 2.27. The Morgan fingerprint density at radius 3 is 2.83 bits per heavy atom. The summed E-state index contributed by atoms with van der Waals surface area (Å²) in [5.41, 5.74) is -5.43. The Bertz CT molecular complexity index is 486. The van der Waals surface area contributed by atoms with Gasteiger partial charge in [-0.25, -0.2) is 4.99 Å². The fraction of sp³-hybridized carbons (Fsp3) is 0.625. The minimum absolute atomic E-state index is 0.286. The molecule has 0 aromatic heterocycles. The first kappa shape index (κ1) is 13.3. The topological polar surface area (TPSA) is 79.8 Å². The van der Waals surface area contributed by atoms with Gasteiger partial charge in [-0.3, -0.25) is 9.50 Å². The number of hydrogen-bond acceptors (Lipinski definition) is 6. The lowest BCUT2D eigenvalue weighted by molar-refractivity contribution is -0.0569. The predicted octanol–water partition coefficient (Wildman–Crippen LogP) is -0.0865. The van der Waals surface area contributed by atoms with Gasteiger partial charge < -0.3 is 5.32 Å². The molecule has 2 atom stereocenters. The molecule has 0 aromatic carbocycles. The highest BCUT2D eigenvalue weighted by atomic mass is 32.2. The summed E-state index contributed by atoms with van der Waals surface area (Å²) in [6.07, 6.45) is 1.19. The minimum atomic E-state index is -5.61. The van der Waals surface area contributed by atoms with Crippen LogP contribution in [-0.4, -0.2) is 39.1 Å². The van der Waals surface area contributed by atoms with Crippen LogP contribution in [-0.2, 0) is 14.3 Å². The van der Waals surface area contributed by atoms with Crippen LogP contribution in [0.15, 0.2) is 17.3 Å². The molecule has 2 unspecified atom stereocenters. The van der Waals surface area contributed by atoms with Crippen molar-refractivity contribution in [3.05, 3.63) is 12.3 Å². The minimum Gasteiger partial charge on any atom is -0.361 e. The number of fused-ring (bicyclic) bond motifs is 1. The third kappa shape index (κ3) is 2.49. The molecule has 2 aliphatic heterocycles. The number of aliphatic imine (C=N–C) groups is 1. The van der Waals surface area contributed by atoms with Gasteiger partial charge in [-0.05, 0) is 6.08 Å². The van der Waals surface area contributed by atoms with E-state index in [-0.39, 0.29) is 6.54 Å². The molecule has 2 heterocycles. The maximum Gasteiger partial charge on any atom is 0.523 e. The molecule has 2 aliphatic rings. The molecule has 1 fully saturated rings. The zero-order valence-electron chi connectivity index (χ0n) is 8.94. The second kappa shape index (κ2) is 4.52. The second-order valence-electron chi connectivity index (χ2n) is 3.73. The highest BCUT2D eigenvalue weighted by molar-refractivity contribution is 7.87. The molecule has 2 rings (SSSR count). The van der Waals surface area contributed by atoms with Crippen molar-refractivity contribution in [3.63, 3.8) is 0 Å². The van der Waals surface area contributed by atoms with Gasteiger partial charge in [0.1, 0.15) is 11.9 Å². The maximum atomic E-state index is 12.2. The SMILES string of the molecule is O=S(=O)(OC1C=CN=C2NCNCC21)C(F)(F)F. The molecule has 102 valence electrons. The van der Waals surface area contributed by atoms with Crippen LogP contribution in [0.4, 0.5) is 13.2 Å². The summed E-state index contributed by atoms with van der Waals surface area (Å²) in [5.74, 6) is -0.167. The standard InChI is InChI=1S/C8H10F3N3O3S/c9-8(10,11)18(15,16)17-6-1-2-13-7-5(6)3-12-4-14-7/h1-2,5-6,12H,3-4H2,(H,13,14). The van der Waals surface area contributed by atoms with Crippen molar-refractivity contribution in [2.24, 2.45) is 10.9 Å². The molecule has 0 bridgehead atoms. The van der Waals surface area contributed by atoms with E-state index < -0.39 is 27.6 Å². The fourth-order valence-electron chi connectivity index (χ4n) is 1.66. The molecule has 10 heteroatoms. The van der Waals surface area contributed by atoms with Crippen LogP contribution >= 0.6 is 0 Å². The van der Waals surface area contributed by atoms with Crippen LogP contribution in [0.5, 0.6) is 0 Å². The van der Waals surface area contributed by atoms with Gasteiger partial charge in [-0.1, -0.05) is 0 Å². The van der Waals surface area contributed by atoms with E-state index in [2.05, 4.69) is 19.8 Å². The van der Waals surface area contributed by atoms with Crippen LogP contribution in [0, 0.1) is 5.92 Å². The Morgan fingerprint density at radius 1 is 1.44 bits per heavy atom. The lowest BCUT2D eigenvalue weighted by atomic mass is 9.98. The van der Waals surface area contributed by atoms with Gasteiger partial charge in [0.25, 0.3) is 0 Å². The number of nitrogens with one attached hydrogen (secondary N) is 2. The molecule has 0 aromatic rings. The molecular formula is C8H10F3N3O3S. The van der Waals surface area contributed by atoms with Gasteiger partial charge in [-0.2, -0.15) is 21.6 Å². The normalized spacial score (nSPS) is 28.3. The molecule has 2 N–H and O–H groups in total. The number of nitrogens with zero attached hydrogens (tertiary/aromatic N) is 1. The quantitative estimate of drug-likeness (QED) is 0.548. The van der Waals surface area contributed by atoms with Crippen LogP contribution < -0.4 is 10.6 Å². The zero-order chi connectivity index (χ0) is 13.4. The van der Waals surface area contributed by atoms with Crippen LogP contribution in [0.1, 0.15) is 0 Å². The van der Waals surface area contributed by atoms with Gasteiger partial charge in [-0.15, -0.1) is 0 Å². The van der Waals surface area contributed by atoms with Crippen molar-refractivity contribution in [3.8, 4) is 0 Å². The first-order valence-electron chi connectivity index (χ1n) is 5.00. The summed E-state index contributed by atoms with van der Waals surface area (Å²) >= 11 is 0. The van der Waals surface area contributed by atoms with Crippen molar-refractivity contribution in [2.75, 3.05) is 13.2 Å². The summed E-state index contributed by atoms with van der Waals surface area (Å²) in [5, 5.41) is 5.66. The molecule has 18 heavy (non-hydrogen) atoms. The maximum absolute atomic E-state index is 12.2. The number of halogens is 3. The van der Waals surface area contributed by atoms with Crippen molar-refractivity contribution in [1.82, 2.24) is 10.6 Å². The summed E-state index contributed by atoms with van der Waals surface area (Å²) in [6.45, 7) is 0.704. The first-order valence-corrected chi connectivity index (χ1v) is 6.40. The predicted molar refractivity (Wildman–Crippen MR) is 55.9 cm³/mol. The molecule has 0 aliphatic carbocycles. The fourth-order valence-corrected chi connectivity index (χ4v) is 2.26. The number of amidine groups is 1. The van der Waals surface area contributed by atoms with Crippen molar-refractivity contribution < 1.29 is 25.8 Å². The third-order valence-electron chi connectivity index (χ3n) is 2.52. The van der Waals surface area contributed by atoms with E-state index in [4.69, 9.17) is 0 Å². The van der Waals surface area contributed by atoms with Gasteiger partial charge in [0.15, 0.2) is 0 Å². The molecule has 6 nitrogen and oxygen atoms in total. The number of rotatable bonds is 2. The molecule has 0 amide bonds. The average molecular weight is 285 g/mol. The Labute approximate surface area is 101 Å². The highest BCUT2D eigenvalue weighted by Crippen LogP contribution is 2.28. The van der Waals surface area contributed by atoms with E-state index in [9.17, 15) is 21.6 Å². The lowest BCUT2D eigenvalue weighted by Gasteiger charge is -2.32. The van der Waals surface area contributed by atoms with Gasteiger partial charge in [0.05, 0.1) is 12.6 Å². The van der Waals surface area contributed by atoms with Crippen LogP contribution in [0.3, 0.4) is 0 Å². The highest BCUT2D eigenvalue weighted by Gasteiger charge is 2.49. The van der Waals surface area contributed by atoms with E-state index in [0.29, 0.717) is 12.5 Å². The zero-order valence-corrected chi connectivity index (χ0v) is 9.75.